The summed E-state index contributed by atoms with van der Waals surface area (Å²) in [5.74, 6) is 1.04. The molecule has 0 saturated carbocycles. The van der Waals surface area contributed by atoms with Gasteiger partial charge in [0.25, 0.3) is 0 Å². The molecule has 194 valence electrons. The monoisotopic (exact) mass is 517 g/mol. The quantitative estimate of drug-likeness (QED) is 0.175. The zero-order chi connectivity index (χ0) is 25.8. The van der Waals surface area contributed by atoms with Gasteiger partial charge in [0.1, 0.15) is 18.0 Å². The molecule has 1 aliphatic rings. The summed E-state index contributed by atoms with van der Waals surface area (Å²) in [6, 6.07) is 17.0. The van der Waals surface area contributed by atoms with Gasteiger partial charge in [-0.15, -0.1) is 0 Å². The van der Waals surface area contributed by atoms with Crippen molar-refractivity contribution in [2.45, 2.75) is 32.4 Å². The molecule has 0 amide bonds. The van der Waals surface area contributed by atoms with E-state index in [9.17, 15) is 0 Å². The third kappa shape index (κ3) is 6.30. The summed E-state index contributed by atoms with van der Waals surface area (Å²) in [4.78, 5) is 11.9. The van der Waals surface area contributed by atoms with Crippen LogP contribution in [0.25, 0.3) is 22.3 Å². The molecule has 0 unspecified atom stereocenters. The van der Waals surface area contributed by atoms with Crippen LogP contribution >= 0.6 is 0 Å². The van der Waals surface area contributed by atoms with Crippen molar-refractivity contribution in [2.75, 3.05) is 43.5 Å². The highest BCUT2D eigenvalue weighted by atomic mass is 28.3. The molecule has 0 radical (unpaired) electrons. The van der Waals surface area contributed by atoms with Gasteiger partial charge in [-0.3, -0.25) is 0 Å². The average molecular weight is 518 g/mol. The second-order valence-electron chi connectivity index (χ2n) is 10.6. The zero-order valence-electron chi connectivity index (χ0n) is 21.8. The van der Waals surface area contributed by atoms with Crippen molar-refractivity contribution in [1.29, 1.82) is 0 Å². The Morgan fingerprint density at radius 1 is 1.05 bits per heavy atom. The Balaban J connectivity index is 1.45. The van der Waals surface area contributed by atoms with E-state index < -0.39 is 8.07 Å². The van der Waals surface area contributed by atoms with E-state index >= 15 is 0 Å². The van der Waals surface area contributed by atoms with E-state index in [-0.39, 0.29) is 0 Å². The number of nitrogens with two attached hydrogens (primary N) is 1. The van der Waals surface area contributed by atoms with Crippen molar-refractivity contribution < 1.29 is 14.2 Å². The number of fused-ring (bicyclic) bond motifs is 1. The molecule has 0 aliphatic carbocycles. The van der Waals surface area contributed by atoms with Crippen molar-refractivity contribution in [1.82, 2.24) is 14.5 Å². The Kier molecular flexibility index (Phi) is 7.45. The minimum atomic E-state index is -1.16. The normalized spacial score (nSPS) is 14.3. The van der Waals surface area contributed by atoms with Crippen LogP contribution in [0.2, 0.25) is 25.7 Å². The predicted molar refractivity (Wildman–Crippen MR) is 151 cm³/mol. The van der Waals surface area contributed by atoms with Gasteiger partial charge in [-0.1, -0.05) is 37.8 Å². The molecule has 5 rings (SSSR count). The summed E-state index contributed by atoms with van der Waals surface area (Å²) in [5.41, 5.74) is 11.3. The Bertz CT molecular complexity index is 1340. The molecule has 3 heterocycles. The molecule has 37 heavy (non-hydrogen) atoms. The van der Waals surface area contributed by atoms with E-state index in [1.165, 1.54) is 5.69 Å². The fraction of sp³-hybridized carbons (Fsp3) is 0.357. The molecule has 9 heteroatoms. The van der Waals surface area contributed by atoms with E-state index in [0.717, 1.165) is 61.2 Å². The van der Waals surface area contributed by atoms with Gasteiger partial charge in [-0.05, 0) is 35.9 Å². The van der Waals surface area contributed by atoms with E-state index in [2.05, 4.69) is 55.0 Å². The lowest BCUT2D eigenvalue weighted by Crippen LogP contribution is -2.36. The number of hydrogen-bond donors (Lipinski definition) is 1. The minimum Gasteiger partial charge on any atom is -0.437 e. The van der Waals surface area contributed by atoms with Gasteiger partial charge in [-0.25, -0.2) is 9.97 Å². The van der Waals surface area contributed by atoms with Gasteiger partial charge in [0.05, 0.1) is 19.4 Å². The van der Waals surface area contributed by atoms with Crippen molar-refractivity contribution in [3.8, 4) is 22.8 Å². The van der Waals surface area contributed by atoms with Crippen LogP contribution in [0.15, 0.2) is 60.9 Å². The maximum absolute atomic E-state index is 6.06. The smallest absolute Gasteiger partial charge is 0.238 e. The standard InChI is InChI=1S/C28H35N5O3Si/c1-37(2,3)16-15-35-20-33-19-25(21-7-9-23(10-8-21)32-11-13-34-14-12-32)27-28(33)30-18-26(31-27)36-24-6-4-5-22(29)17-24/h4-10,17-19H,11-16,20,29H2,1-3H3. The van der Waals surface area contributed by atoms with Gasteiger partial charge in [0.15, 0.2) is 5.65 Å². The number of nitrogens with zero attached hydrogens (tertiary/aromatic N) is 4. The van der Waals surface area contributed by atoms with Crippen LogP contribution < -0.4 is 15.4 Å². The first-order valence-electron chi connectivity index (χ1n) is 12.8. The van der Waals surface area contributed by atoms with E-state index in [1.54, 1.807) is 12.3 Å². The number of aromatic nitrogens is 3. The van der Waals surface area contributed by atoms with E-state index in [1.807, 2.05) is 22.8 Å². The average Bonchev–Trinajstić information content (AvgIpc) is 3.24. The van der Waals surface area contributed by atoms with Crippen LogP contribution in [0.1, 0.15) is 0 Å². The van der Waals surface area contributed by atoms with Gasteiger partial charge in [0.2, 0.25) is 5.88 Å². The Morgan fingerprint density at radius 2 is 1.84 bits per heavy atom. The highest BCUT2D eigenvalue weighted by molar-refractivity contribution is 6.76. The van der Waals surface area contributed by atoms with Crippen LogP contribution in [0.3, 0.4) is 0 Å². The number of benzene rings is 2. The van der Waals surface area contributed by atoms with E-state index in [4.69, 9.17) is 29.9 Å². The number of rotatable bonds is 9. The summed E-state index contributed by atoms with van der Waals surface area (Å²) < 4.78 is 19.6. The molecular formula is C28H35N5O3Si. The van der Waals surface area contributed by atoms with Crippen molar-refractivity contribution in [3.63, 3.8) is 0 Å². The lowest BCUT2D eigenvalue weighted by atomic mass is 10.1. The van der Waals surface area contributed by atoms with Crippen LogP contribution in [0, 0.1) is 0 Å². The lowest BCUT2D eigenvalue weighted by molar-refractivity contribution is 0.0899. The number of ether oxygens (including phenoxy) is 3. The maximum atomic E-state index is 6.06. The maximum Gasteiger partial charge on any atom is 0.238 e. The molecule has 0 spiro atoms. The Morgan fingerprint density at radius 3 is 2.57 bits per heavy atom. The van der Waals surface area contributed by atoms with Crippen molar-refractivity contribution in [3.05, 3.63) is 60.9 Å². The Labute approximate surface area is 219 Å². The van der Waals surface area contributed by atoms with Crippen molar-refractivity contribution in [2.24, 2.45) is 0 Å². The minimum absolute atomic E-state index is 0.418. The van der Waals surface area contributed by atoms with Gasteiger partial charge < -0.3 is 29.4 Å². The lowest BCUT2D eigenvalue weighted by Gasteiger charge is -2.28. The zero-order valence-corrected chi connectivity index (χ0v) is 22.8. The summed E-state index contributed by atoms with van der Waals surface area (Å²) in [7, 11) is -1.16. The van der Waals surface area contributed by atoms with Gasteiger partial charge in [-0.2, -0.15) is 0 Å². The Hall–Kier alpha value is -3.40. The third-order valence-corrected chi connectivity index (χ3v) is 8.11. The van der Waals surface area contributed by atoms with Gasteiger partial charge in [0, 0.05) is 57.0 Å². The number of anilines is 2. The molecule has 2 N–H and O–H groups in total. The first kappa shape index (κ1) is 25.3. The number of hydrogen-bond acceptors (Lipinski definition) is 7. The van der Waals surface area contributed by atoms with Crippen LogP contribution in [0.5, 0.6) is 11.6 Å². The highest BCUT2D eigenvalue weighted by Crippen LogP contribution is 2.32. The van der Waals surface area contributed by atoms with Crippen molar-refractivity contribution >= 4 is 30.6 Å². The summed E-state index contributed by atoms with van der Waals surface area (Å²) in [6.07, 6.45) is 3.72. The summed E-state index contributed by atoms with van der Waals surface area (Å²) in [5, 5.41) is 0. The summed E-state index contributed by atoms with van der Waals surface area (Å²) in [6.45, 7) is 11.6. The van der Waals surface area contributed by atoms with Crippen LogP contribution in [-0.2, 0) is 16.2 Å². The molecule has 2 aromatic heterocycles. The number of morpholine rings is 1. The fourth-order valence-electron chi connectivity index (χ4n) is 4.31. The first-order chi connectivity index (χ1) is 17.9. The van der Waals surface area contributed by atoms with Crippen LogP contribution in [0.4, 0.5) is 11.4 Å². The molecule has 2 aromatic carbocycles. The van der Waals surface area contributed by atoms with Crippen LogP contribution in [-0.4, -0.2) is 55.5 Å². The first-order valence-corrected chi connectivity index (χ1v) is 16.5. The molecule has 1 fully saturated rings. The topological polar surface area (TPSA) is 87.7 Å². The fourth-order valence-corrected chi connectivity index (χ4v) is 5.06. The highest BCUT2D eigenvalue weighted by Gasteiger charge is 2.17. The second kappa shape index (κ2) is 10.9. The van der Waals surface area contributed by atoms with E-state index in [0.29, 0.717) is 24.0 Å². The van der Waals surface area contributed by atoms with Gasteiger partial charge >= 0.3 is 0 Å². The SMILES string of the molecule is C[Si](C)(C)CCOCn1cc(-c2ccc(N3CCOCC3)cc2)c2nc(Oc3cccc(N)c3)cnc21. The molecule has 0 atom stereocenters. The summed E-state index contributed by atoms with van der Waals surface area (Å²) >= 11 is 0. The second-order valence-corrected chi connectivity index (χ2v) is 16.2. The molecule has 0 bridgehead atoms. The predicted octanol–water partition coefficient (Wildman–Crippen LogP) is 5.62. The third-order valence-electron chi connectivity index (χ3n) is 6.41. The molecular weight excluding hydrogens is 482 g/mol. The molecule has 8 nitrogen and oxygen atoms in total. The largest absolute Gasteiger partial charge is 0.437 e. The number of nitrogen functional groups attached to an aromatic ring is 1. The molecule has 1 saturated heterocycles. The molecule has 4 aromatic rings. The molecule has 1 aliphatic heterocycles.